The summed E-state index contributed by atoms with van der Waals surface area (Å²) in [4.78, 5) is 28.6. The van der Waals surface area contributed by atoms with Crippen molar-refractivity contribution in [3.8, 4) is 17.0 Å². The second-order valence-corrected chi connectivity index (χ2v) is 8.95. The molecule has 4 rings (SSSR count). The summed E-state index contributed by atoms with van der Waals surface area (Å²) in [7, 11) is 1.51. The van der Waals surface area contributed by atoms with Crippen LogP contribution >= 0.6 is 11.6 Å². The fraction of sp³-hybridized carbons (Fsp3) is 0.269. The maximum Gasteiger partial charge on any atom is 0.309 e. The van der Waals surface area contributed by atoms with Crippen LogP contribution in [0.3, 0.4) is 0 Å². The van der Waals surface area contributed by atoms with E-state index in [1.165, 1.54) is 25.3 Å². The highest BCUT2D eigenvalue weighted by atomic mass is 35.5. The van der Waals surface area contributed by atoms with E-state index in [-0.39, 0.29) is 25.8 Å². The van der Waals surface area contributed by atoms with Gasteiger partial charge in [-0.05, 0) is 60.7 Å². The Bertz CT molecular complexity index is 1480. The molecule has 2 atom stereocenters. The third kappa shape index (κ3) is 6.10. The van der Waals surface area contributed by atoms with Crippen molar-refractivity contribution in [2.45, 2.75) is 31.9 Å². The van der Waals surface area contributed by atoms with Crippen LogP contribution in [-0.2, 0) is 17.8 Å². The SMILES string of the molecule is COc1ccc(-c2ccc(CC[C@@H](O)[C@H](CCn3nnc4cc(Cl)ccc4c3=O)C(=O)O)c(F)c2)cn1. The second kappa shape index (κ2) is 11.4. The molecule has 0 unspecified atom stereocenters. The van der Waals surface area contributed by atoms with Crippen molar-refractivity contribution in [1.82, 2.24) is 20.0 Å². The monoisotopic (exact) mass is 526 g/mol. The zero-order valence-corrected chi connectivity index (χ0v) is 20.6. The highest BCUT2D eigenvalue weighted by Crippen LogP contribution is 2.24. The number of carboxylic acids is 1. The molecule has 0 spiro atoms. The Morgan fingerprint density at radius 1 is 1.14 bits per heavy atom. The number of benzene rings is 2. The van der Waals surface area contributed by atoms with Crippen LogP contribution in [0.5, 0.6) is 5.88 Å². The first-order valence-electron chi connectivity index (χ1n) is 11.5. The van der Waals surface area contributed by atoms with Crippen LogP contribution in [0.15, 0.2) is 59.5 Å². The molecule has 0 radical (unpaired) electrons. The van der Waals surface area contributed by atoms with E-state index in [4.69, 9.17) is 16.3 Å². The highest BCUT2D eigenvalue weighted by Gasteiger charge is 2.27. The van der Waals surface area contributed by atoms with E-state index in [0.29, 0.717) is 38.5 Å². The number of nitrogens with zero attached hydrogens (tertiary/aromatic N) is 4. The van der Waals surface area contributed by atoms with Crippen LogP contribution in [0, 0.1) is 11.7 Å². The van der Waals surface area contributed by atoms with Gasteiger partial charge in [0.2, 0.25) is 5.88 Å². The number of hydrogen-bond donors (Lipinski definition) is 2. The van der Waals surface area contributed by atoms with Gasteiger partial charge in [-0.15, -0.1) is 5.10 Å². The average molecular weight is 527 g/mol. The number of aliphatic hydroxyl groups excluding tert-OH is 1. The molecule has 0 aliphatic heterocycles. The number of aliphatic hydroxyl groups is 1. The van der Waals surface area contributed by atoms with Crippen molar-refractivity contribution in [2.75, 3.05) is 7.11 Å². The summed E-state index contributed by atoms with van der Waals surface area (Å²) >= 11 is 5.91. The van der Waals surface area contributed by atoms with Gasteiger partial charge in [0.25, 0.3) is 5.56 Å². The van der Waals surface area contributed by atoms with Gasteiger partial charge in [-0.2, -0.15) is 0 Å². The van der Waals surface area contributed by atoms with Gasteiger partial charge >= 0.3 is 5.97 Å². The minimum atomic E-state index is -1.26. The zero-order chi connectivity index (χ0) is 26.5. The molecule has 2 aromatic heterocycles. The average Bonchev–Trinajstić information content (AvgIpc) is 2.89. The number of methoxy groups -OCH3 is 1. The van der Waals surface area contributed by atoms with Gasteiger partial charge in [0.15, 0.2) is 0 Å². The van der Waals surface area contributed by atoms with Crippen molar-refractivity contribution in [1.29, 1.82) is 0 Å². The standard InChI is InChI=1S/C26H24ClFN4O5/c1-37-24-9-5-17(14-29-24)16-3-2-15(21(28)12-16)4-8-23(33)20(26(35)36)10-11-32-25(34)19-7-6-18(27)13-22(19)30-31-32/h2-3,5-7,9,12-14,20,23,33H,4,8,10-11H2,1H3,(H,35,36)/t20-,23+/m0/s1. The van der Waals surface area contributed by atoms with Gasteiger partial charge in [0, 0.05) is 29.4 Å². The van der Waals surface area contributed by atoms with E-state index >= 15 is 0 Å². The Kier molecular flexibility index (Phi) is 8.10. The Morgan fingerprint density at radius 3 is 2.59 bits per heavy atom. The topological polar surface area (TPSA) is 127 Å². The fourth-order valence-electron chi connectivity index (χ4n) is 4.04. The quantitative estimate of drug-likeness (QED) is 0.320. The van der Waals surface area contributed by atoms with E-state index < -0.39 is 29.4 Å². The molecule has 2 heterocycles. The van der Waals surface area contributed by atoms with Crippen LogP contribution < -0.4 is 10.3 Å². The first-order valence-corrected chi connectivity index (χ1v) is 11.9. The zero-order valence-electron chi connectivity index (χ0n) is 19.8. The number of aryl methyl sites for hydroxylation is 2. The number of aromatic nitrogens is 4. The van der Waals surface area contributed by atoms with Crippen molar-refractivity contribution in [3.63, 3.8) is 0 Å². The lowest BCUT2D eigenvalue weighted by Gasteiger charge is -2.19. The number of pyridine rings is 1. The minimum absolute atomic E-state index is 0.0219. The molecule has 192 valence electrons. The summed E-state index contributed by atoms with van der Waals surface area (Å²) in [6.07, 6.45) is 0.415. The van der Waals surface area contributed by atoms with Crippen molar-refractivity contribution in [2.24, 2.45) is 5.92 Å². The van der Waals surface area contributed by atoms with E-state index in [1.807, 2.05) is 0 Å². The Hall–Kier alpha value is -3.89. The number of ether oxygens (including phenoxy) is 1. The van der Waals surface area contributed by atoms with Gasteiger partial charge in [-0.25, -0.2) is 14.1 Å². The Balaban J connectivity index is 1.40. The number of hydrogen-bond acceptors (Lipinski definition) is 7. The molecule has 9 nitrogen and oxygen atoms in total. The Morgan fingerprint density at radius 2 is 1.92 bits per heavy atom. The van der Waals surface area contributed by atoms with Gasteiger partial charge in [0.1, 0.15) is 11.3 Å². The molecule has 0 amide bonds. The molecule has 2 aromatic carbocycles. The number of aliphatic carboxylic acids is 1. The van der Waals surface area contributed by atoms with E-state index in [0.717, 1.165) is 4.68 Å². The summed E-state index contributed by atoms with van der Waals surface area (Å²) in [5, 5.41) is 28.8. The van der Waals surface area contributed by atoms with Gasteiger partial charge in [-0.1, -0.05) is 28.9 Å². The van der Waals surface area contributed by atoms with Crippen molar-refractivity contribution >= 4 is 28.5 Å². The molecule has 2 N–H and O–H groups in total. The fourth-order valence-corrected chi connectivity index (χ4v) is 4.21. The molecule has 0 fully saturated rings. The summed E-state index contributed by atoms with van der Waals surface area (Å²) in [6, 6.07) is 12.8. The molecule has 0 aliphatic carbocycles. The molecular formula is C26H24ClFN4O5. The largest absolute Gasteiger partial charge is 0.481 e. The molecule has 37 heavy (non-hydrogen) atoms. The number of halogens is 2. The Labute approximate surface area is 216 Å². The summed E-state index contributed by atoms with van der Waals surface area (Å²) in [5.74, 6) is -2.41. The lowest BCUT2D eigenvalue weighted by atomic mass is 9.93. The third-order valence-corrected chi connectivity index (χ3v) is 6.40. The van der Waals surface area contributed by atoms with Gasteiger partial charge in [0.05, 0.1) is 24.5 Å². The van der Waals surface area contributed by atoms with Crippen LogP contribution in [0.1, 0.15) is 18.4 Å². The first kappa shape index (κ1) is 26.2. The summed E-state index contributed by atoms with van der Waals surface area (Å²) < 4.78 is 20.8. The second-order valence-electron chi connectivity index (χ2n) is 8.51. The molecule has 0 aliphatic rings. The molecular weight excluding hydrogens is 503 g/mol. The third-order valence-electron chi connectivity index (χ3n) is 6.16. The molecule has 0 saturated carbocycles. The minimum Gasteiger partial charge on any atom is -0.481 e. The molecule has 0 bridgehead atoms. The maximum absolute atomic E-state index is 14.8. The lowest BCUT2D eigenvalue weighted by molar-refractivity contribution is -0.146. The predicted octanol–water partition coefficient (Wildman–Crippen LogP) is 3.74. The number of fused-ring (bicyclic) bond motifs is 1. The van der Waals surface area contributed by atoms with Crippen LogP contribution in [0.4, 0.5) is 4.39 Å². The molecule has 4 aromatic rings. The van der Waals surface area contributed by atoms with E-state index in [1.54, 1.807) is 36.5 Å². The maximum atomic E-state index is 14.8. The molecule has 11 heteroatoms. The normalized spacial score (nSPS) is 12.9. The van der Waals surface area contributed by atoms with Crippen molar-refractivity contribution in [3.05, 3.63) is 81.5 Å². The number of carbonyl (C=O) groups is 1. The van der Waals surface area contributed by atoms with E-state index in [9.17, 15) is 24.2 Å². The van der Waals surface area contributed by atoms with E-state index in [2.05, 4.69) is 15.3 Å². The number of carboxylic acid groups (broad SMARTS) is 1. The van der Waals surface area contributed by atoms with Crippen molar-refractivity contribution < 1.29 is 24.1 Å². The van der Waals surface area contributed by atoms with Crippen LogP contribution in [0.25, 0.3) is 22.0 Å². The van der Waals surface area contributed by atoms with Gasteiger partial charge < -0.3 is 14.9 Å². The molecule has 0 saturated heterocycles. The summed E-state index contributed by atoms with van der Waals surface area (Å²) in [5.41, 5.74) is 1.59. The first-order chi connectivity index (χ1) is 17.8. The lowest BCUT2D eigenvalue weighted by Crippen LogP contribution is -2.32. The van der Waals surface area contributed by atoms with Crippen LogP contribution in [0.2, 0.25) is 5.02 Å². The highest BCUT2D eigenvalue weighted by molar-refractivity contribution is 6.31. The predicted molar refractivity (Wildman–Crippen MR) is 135 cm³/mol. The summed E-state index contributed by atoms with van der Waals surface area (Å²) in [6.45, 7) is -0.0582. The smallest absolute Gasteiger partial charge is 0.309 e. The van der Waals surface area contributed by atoms with Gasteiger partial charge in [-0.3, -0.25) is 9.59 Å². The number of rotatable bonds is 10. The van der Waals surface area contributed by atoms with Crippen LogP contribution in [-0.4, -0.2) is 49.4 Å².